The number of rotatable bonds is 18. The number of halogens is 6. The van der Waals surface area contributed by atoms with Crippen molar-refractivity contribution in [3.8, 4) is 23.0 Å². The van der Waals surface area contributed by atoms with Crippen molar-refractivity contribution in [3.05, 3.63) is 82.4 Å². The minimum atomic E-state index is -5.16. The van der Waals surface area contributed by atoms with Crippen LogP contribution in [0.25, 0.3) is 0 Å². The monoisotopic (exact) mass is 968 g/mol. The zero-order valence-electron chi connectivity index (χ0n) is 32.6. The van der Waals surface area contributed by atoms with E-state index in [9.17, 15) is 56.3 Å². The third-order valence-electron chi connectivity index (χ3n) is 8.22. The van der Waals surface area contributed by atoms with E-state index in [1.54, 1.807) is 24.3 Å². The fourth-order valence-electron chi connectivity index (χ4n) is 5.45. The van der Waals surface area contributed by atoms with Crippen molar-refractivity contribution in [1.82, 2.24) is 0 Å². The van der Waals surface area contributed by atoms with Gasteiger partial charge in [-0.05, 0) is 35.4 Å². The molecule has 18 nitrogen and oxygen atoms in total. The summed E-state index contributed by atoms with van der Waals surface area (Å²) in [6.45, 7) is -2.47. The third kappa shape index (κ3) is 11.3. The molecule has 4 rings (SSSR count). The molecule has 0 heterocycles. The van der Waals surface area contributed by atoms with Gasteiger partial charge in [-0.3, -0.25) is 0 Å². The maximum absolute atomic E-state index is 15.8. The number of nitrogens with one attached hydrogen (secondary N) is 2. The van der Waals surface area contributed by atoms with Gasteiger partial charge in [-0.2, -0.15) is 0 Å². The van der Waals surface area contributed by atoms with Gasteiger partial charge >= 0.3 is 0 Å². The molecule has 0 spiro atoms. The number of nitrogens with two attached hydrogens (primary N) is 2. The SMILES string of the molecule is COc1ccc(CNc2c(F)c(S(N)(=O)=O)c(F)c(NCc3ccc(OC)c(OC)c3)c2S(=O)(=O)CCO)cc1OC.NS(=O)(=O)c1c(F)c(F)c(S(=O)(=O)CCO)c(F)c1F. The summed E-state index contributed by atoms with van der Waals surface area (Å²) in [4.78, 5) is -6.60. The van der Waals surface area contributed by atoms with E-state index >= 15 is 8.78 Å². The molecule has 0 fully saturated rings. The highest BCUT2D eigenvalue weighted by atomic mass is 32.2. The van der Waals surface area contributed by atoms with Gasteiger partial charge in [-0.15, -0.1) is 0 Å². The van der Waals surface area contributed by atoms with E-state index in [1.165, 1.54) is 40.6 Å². The van der Waals surface area contributed by atoms with E-state index in [-0.39, 0.29) is 13.1 Å². The zero-order chi connectivity index (χ0) is 47.1. The van der Waals surface area contributed by atoms with Gasteiger partial charge in [0.25, 0.3) is 0 Å². The lowest BCUT2D eigenvalue weighted by atomic mass is 10.1. The van der Waals surface area contributed by atoms with E-state index in [0.717, 1.165) is 0 Å². The van der Waals surface area contributed by atoms with Crippen molar-refractivity contribution in [2.45, 2.75) is 32.7 Å². The van der Waals surface area contributed by atoms with Crippen molar-refractivity contribution >= 4 is 51.1 Å². The smallest absolute Gasteiger partial charge is 0.244 e. The van der Waals surface area contributed by atoms with Crippen LogP contribution >= 0.6 is 0 Å². The Kier molecular flexibility index (Phi) is 16.9. The average molecular weight is 969 g/mol. The second-order valence-electron chi connectivity index (χ2n) is 12.2. The van der Waals surface area contributed by atoms with Gasteiger partial charge < -0.3 is 39.8 Å². The van der Waals surface area contributed by atoms with Crippen LogP contribution < -0.4 is 39.9 Å². The van der Waals surface area contributed by atoms with Gasteiger partial charge in [0.2, 0.25) is 20.0 Å². The molecule has 4 aromatic rings. The number of hydrogen-bond donors (Lipinski definition) is 6. The average Bonchev–Trinajstić information content (AvgIpc) is 3.18. The lowest BCUT2D eigenvalue weighted by Crippen LogP contribution is -2.23. The molecule has 0 aliphatic heterocycles. The fourth-order valence-corrected chi connectivity index (χ4v) is 9.39. The first kappa shape index (κ1) is 51.3. The predicted molar refractivity (Wildman–Crippen MR) is 207 cm³/mol. The normalized spacial score (nSPS) is 12.0. The van der Waals surface area contributed by atoms with Crippen LogP contribution in [0, 0.1) is 34.9 Å². The third-order valence-corrected chi connectivity index (χ3v) is 13.5. The first-order chi connectivity index (χ1) is 28.8. The highest BCUT2D eigenvalue weighted by molar-refractivity contribution is 7.92. The standard InChI is InChI=1S/C26H31F2N3O9S2.C8H7F4NO5S2/c1-37-17-7-5-15(11-19(17)39-3)13-30-23-21(27)25(42(29,35)36)22(28)24(26(23)41(33,34)10-9-32)31-14-16-6-8-18(38-2)20(12-16)40-4;9-3-5(11)8(20(13,17)18)6(12)4(10)7(3)19(15,16)2-1-14/h5-8,11-12,30-32H,9-10,13-14H2,1-4H3,(H2,29,35,36);14H,1-2H2,(H2,13,17,18). The maximum atomic E-state index is 15.8. The molecule has 62 heavy (non-hydrogen) atoms. The molecule has 0 atom stereocenters. The summed E-state index contributed by atoms with van der Waals surface area (Å²) in [6.07, 6.45) is 0. The van der Waals surface area contributed by atoms with Gasteiger partial charge in [0, 0.05) is 13.1 Å². The molecule has 0 amide bonds. The number of benzene rings is 4. The van der Waals surface area contributed by atoms with E-state index in [4.69, 9.17) is 29.2 Å². The lowest BCUT2D eigenvalue weighted by Gasteiger charge is -2.21. The lowest BCUT2D eigenvalue weighted by molar-refractivity contribution is 0.318. The quantitative estimate of drug-likeness (QED) is 0.0616. The Labute approximate surface area is 351 Å². The number of sulfonamides is 2. The molecule has 0 radical (unpaired) electrons. The Morgan fingerprint density at radius 1 is 0.484 bits per heavy atom. The number of primary sulfonamides is 2. The number of methoxy groups -OCH3 is 4. The highest BCUT2D eigenvalue weighted by Crippen LogP contribution is 2.41. The molecule has 0 aliphatic rings. The number of sulfone groups is 2. The summed E-state index contributed by atoms with van der Waals surface area (Å²) in [5, 5.41) is 32.5. The Morgan fingerprint density at radius 3 is 1.10 bits per heavy atom. The molecule has 0 unspecified atom stereocenters. The topological polar surface area (TPSA) is 290 Å². The van der Waals surface area contributed by atoms with Crippen LogP contribution in [-0.4, -0.2) is 97.0 Å². The largest absolute Gasteiger partial charge is 0.493 e. The first-order valence-electron chi connectivity index (χ1n) is 16.8. The van der Waals surface area contributed by atoms with E-state index in [0.29, 0.717) is 34.1 Å². The molecule has 0 bridgehead atoms. The van der Waals surface area contributed by atoms with Crippen molar-refractivity contribution in [2.75, 3.05) is 63.8 Å². The fraction of sp³-hybridized carbons (Fsp3) is 0.294. The molecule has 0 aliphatic carbocycles. The molecule has 8 N–H and O–H groups in total. The summed E-state index contributed by atoms with van der Waals surface area (Å²) in [5.41, 5.74) is -0.838. The number of anilines is 2. The summed E-state index contributed by atoms with van der Waals surface area (Å²) < 4.78 is 202. The van der Waals surface area contributed by atoms with Gasteiger partial charge in [0.15, 0.2) is 87.4 Å². The van der Waals surface area contributed by atoms with Gasteiger partial charge in [0.05, 0.1) is 64.5 Å². The Balaban J connectivity index is 0.000000428. The van der Waals surface area contributed by atoms with E-state index in [1.807, 2.05) is 0 Å². The first-order valence-corrected chi connectivity index (χ1v) is 23.2. The number of aliphatic hydroxyl groups is 2. The van der Waals surface area contributed by atoms with Crippen LogP contribution in [0.1, 0.15) is 11.1 Å². The Morgan fingerprint density at radius 2 is 0.790 bits per heavy atom. The van der Waals surface area contributed by atoms with Crippen molar-refractivity contribution in [3.63, 3.8) is 0 Å². The summed E-state index contributed by atoms with van der Waals surface area (Å²) >= 11 is 0. The maximum Gasteiger partial charge on any atom is 0.244 e. The van der Waals surface area contributed by atoms with Crippen LogP contribution in [0.3, 0.4) is 0 Å². The Bertz CT molecular complexity index is 2670. The van der Waals surface area contributed by atoms with Gasteiger partial charge in [-0.25, -0.2) is 70.3 Å². The van der Waals surface area contributed by atoms with Crippen LogP contribution in [0.4, 0.5) is 37.7 Å². The molecular formula is C34H38F6N4O14S4. The highest BCUT2D eigenvalue weighted by Gasteiger charge is 2.37. The summed E-state index contributed by atoms with van der Waals surface area (Å²) in [5.74, 6) is -14.0. The summed E-state index contributed by atoms with van der Waals surface area (Å²) in [6, 6.07) is 9.26. The Hall–Kier alpha value is -5.10. The van der Waals surface area contributed by atoms with E-state index in [2.05, 4.69) is 15.8 Å². The molecular weight excluding hydrogens is 931 g/mol. The van der Waals surface area contributed by atoms with Crippen LogP contribution in [0.2, 0.25) is 0 Å². The predicted octanol–water partition coefficient (Wildman–Crippen LogP) is 2.29. The van der Waals surface area contributed by atoms with Crippen molar-refractivity contribution in [1.29, 1.82) is 0 Å². The minimum Gasteiger partial charge on any atom is -0.493 e. The second kappa shape index (κ2) is 20.4. The number of hydrogen-bond acceptors (Lipinski definition) is 16. The van der Waals surface area contributed by atoms with Crippen LogP contribution in [0.15, 0.2) is 56.0 Å². The van der Waals surface area contributed by atoms with Crippen molar-refractivity contribution in [2.24, 2.45) is 10.3 Å². The molecule has 0 saturated carbocycles. The molecule has 4 aromatic carbocycles. The van der Waals surface area contributed by atoms with Crippen LogP contribution in [-0.2, 0) is 52.8 Å². The summed E-state index contributed by atoms with van der Waals surface area (Å²) in [7, 11) is -14.1. The molecule has 0 saturated heterocycles. The van der Waals surface area contributed by atoms with E-state index < -0.39 is 130 Å². The zero-order valence-corrected chi connectivity index (χ0v) is 35.8. The van der Waals surface area contributed by atoms with Gasteiger partial charge in [-0.1, -0.05) is 12.1 Å². The minimum absolute atomic E-state index is 0.260. The second-order valence-corrected chi connectivity index (χ2v) is 19.3. The number of ether oxygens (including phenoxy) is 4. The molecule has 28 heteroatoms. The van der Waals surface area contributed by atoms with Crippen LogP contribution in [0.5, 0.6) is 23.0 Å². The molecule has 0 aromatic heterocycles. The van der Waals surface area contributed by atoms with Crippen molar-refractivity contribution < 1.29 is 89.2 Å². The molecule has 344 valence electrons. The number of aliphatic hydroxyl groups excluding tert-OH is 2. The van der Waals surface area contributed by atoms with Gasteiger partial charge in [0.1, 0.15) is 9.79 Å².